The zero-order valence-electron chi connectivity index (χ0n) is 15.1. The number of hydrogen-bond acceptors (Lipinski definition) is 4. The summed E-state index contributed by atoms with van der Waals surface area (Å²) >= 11 is 0. The first-order valence-corrected chi connectivity index (χ1v) is 10.0. The van der Waals surface area contributed by atoms with Gasteiger partial charge in [-0.1, -0.05) is 36.4 Å². The highest BCUT2D eigenvalue weighted by molar-refractivity contribution is 7.89. The Morgan fingerprint density at radius 1 is 1.22 bits per heavy atom. The number of esters is 1. The fourth-order valence-electron chi connectivity index (χ4n) is 3.20. The second-order valence-electron chi connectivity index (χ2n) is 6.18. The van der Waals surface area contributed by atoms with Crippen molar-refractivity contribution in [3.8, 4) is 0 Å². The minimum absolute atomic E-state index is 0.00595. The zero-order valence-corrected chi connectivity index (χ0v) is 15.9. The molecule has 0 bridgehead atoms. The van der Waals surface area contributed by atoms with Crippen molar-refractivity contribution in [2.45, 2.75) is 24.8 Å². The van der Waals surface area contributed by atoms with Gasteiger partial charge in [-0.3, -0.25) is 0 Å². The summed E-state index contributed by atoms with van der Waals surface area (Å²) in [4.78, 5) is 12.5. The molecule has 1 atom stereocenters. The summed E-state index contributed by atoms with van der Waals surface area (Å²) in [6.07, 6.45) is 1.53. The van der Waals surface area contributed by atoms with E-state index in [9.17, 15) is 17.6 Å². The first-order valence-electron chi connectivity index (χ1n) is 8.56. The number of aryl methyl sites for hydroxylation is 1. The first kappa shape index (κ1) is 19.3. The van der Waals surface area contributed by atoms with Crippen LogP contribution in [0.1, 0.15) is 24.1 Å². The van der Waals surface area contributed by atoms with Gasteiger partial charge in [0.15, 0.2) is 0 Å². The van der Waals surface area contributed by atoms with Gasteiger partial charge in [-0.2, -0.15) is 4.31 Å². The van der Waals surface area contributed by atoms with Crippen molar-refractivity contribution in [3.63, 3.8) is 0 Å². The third-order valence-electron chi connectivity index (χ3n) is 4.43. The number of halogens is 1. The van der Waals surface area contributed by atoms with E-state index in [2.05, 4.69) is 0 Å². The lowest BCUT2D eigenvalue weighted by Gasteiger charge is -2.27. The molecule has 1 aliphatic heterocycles. The fraction of sp³-hybridized carbons (Fsp3) is 0.250. The largest absolute Gasteiger partial charge is 0.463 e. The molecule has 0 N–H and O–H groups in total. The Morgan fingerprint density at radius 3 is 2.63 bits per heavy atom. The van der Waals surface area contributed by atoms with E-state index in [-0.39, 0.29) is 23.6 Å². The van der Waals surface area contributed by atoms with Crippen molar-refractivity contribution in [3.05, 3.63) is 77.1 Å². The van der Waals surface area contributed by atoms with Gasteiger partial charge in [0.05, 0.1) is 23.1 Å². The number of rotatable bonds is 5. The number of nitrogens with zero attached hydrogens (tertiary/aromatic N) is 1. The molecule has 7 heteroatoms. The number of sulfonamides is 1. The van der Waals surface area contributed by atoms with Crippen LogP contribution in [-0.4, -0.2) is 31.8 Å². The molecule has 0 saturated carbocycles. The predicted molar refractivity (Wildman–Crippen MR) is 98.9 cm³/mol. The van der Waals surface area contributed by atoms with E-state index in [1.165, 1.54) is 34.6 Å². The molecular weight excluding hydrogens is 369 g/mol. The summed E-state index contributed by atoms with van der Waals surface area (Å²) in [5.74, 6) is -1.11. The van der Waals surface area contributed by atoms with Gasteiger partial charge in [-0.05, 0) is 43.2 Å². The maximum absolute atomic E-state index is 13.8. The van der Waals surface area contributed by atoms with Crippen molar-refractivity contribution >= 4 is 16.0 Å². The summed E-state index contributed by atoms with van der Waals surface area (Å²) in [6, 6.07) is 11.3. The number of ether oxygens (including phenoxy) is 1. The molecule has 0 fully saturated rings. The van der Waals surface area contributed by atoms with Crippen LogP contribution < -0.4 is 0 Å². The maximum Gasteiger partial charge on any atom is 0.335 e. The minimum atomic E-state index is -3.91. The van der Waals surface area contributed by atoms with Crippen LogP contribution in [0.2, 0.25) is 0 Å². The van der Waals surface area contributed by atoms with E-state index >= 15 is 0 Å². The van der Waals surface area contributed by atoms with E-state index in [0.717, 1.165) is 0 Å². The van der Waals surface area contributed by atoms with Crippen molar-refractivity contribution < 1.29 is 22.3 Å². The van der Waals surface area contributed by atoms with Gasteiger partial charge in [0.2, 0.25) is 10.0 Å². The first-order chi connectivity index (χ1) is 12.9. The van der Waals surface area contributed by atoms with Crippen LogP contribution in [0.3, 0.4) is 0 Å². The molecule has 0 saturated heterocycles. The lowest BCUT2D eigenvalue weighted by atomic mass is 10.0. The molecule has 1 aliphatic rings. The van der Waals surface area contributed by atoms with E-state index in [1.807, 2.05) is 0 Å². The van der Waals surface area contributed by atoms with Crippen LogP contribution in [0.15, 0.2) is 65.1 Å². The maximum atomic E-state index is 13.8. The number of hydrogen-bond donors (Lipinski definition) is 0. The highest BCUT2D eigenvalue weighted by Crippen LogP contribution is 2.38. The van der Waals surface area contributed by atoms with Crippen LogP contribution in [0.4, 0.5) is 4.39 Å². The Hall–Kier alpha value is -2.51. The molecule has 142 valence electrons. The second kappa shape index (κ2) is 7.62. The predicted octanol–water partition coefficient (Wildman–Crippen LogP) is 3.37. The van der Waals surface area contributed by atoms with Crippen LogP contribution >= 0.6 is 0 Å². The van der Waals surface area contributed by atoms with Gasteiger partial charge in [-0.25, -0.2) is 17.6 Å². The average molecular weight is 389 g/mol. The molecule has 2 aromatic carbocycles. The molecular formula is C20H20FNO4S. The number of carbonyl (C=O) groups excluding carboxylic acids is 1. The highest BCUT2D eigenvalue weighted by Gasteiger charge is 2.41. The summed E-state index contributed by atoms with van der Waals surface area (Å²) in [5.41, 5.74) is 1.17. The Labute approximate surface area is 158 Å². The van der Waals surface area contributed by atoms with Crippen molar-refractivity contribution in [1.82, 2.24) is 4.31 Å². The van der Waals surface area contributed by atoms with E-state index in [1.54, 1.807) is 38.1 Å². The van der Waals surface area contributed by atoms with E-state index in [4.69, 9.17) is 4.74 Å². The van der Waals surface area contributed by atoms with Gasteiger partial charge in [0, 0.05) is 6.54 Å². The topological polar surface area (TPSA) is 63.7 Å². The van der Waals surface area contributed by atoms with Crippen molar-refractivity contribution in [2.75, 3.05) is 13.2 Å². The third kappa shape index (κ3) is 3.65. The molecule has 0 aromatic heterocycles. The zero-order chi connectivity index (χ0) is 19.6. The lowest BCUT2D eigenvalue weighted by Crippen LogP contribution is -2.34. The van der Waals surface area contributed by atoms with Gasteiger partial charge in [0.25, 0.3) is 0 Å². The summed E-state index contributed by atoms with van der Waals surface area (Å²) < 4.78 is 46.7. The van der Waals surface area contributed by atoms with Crippen molar-refractivity contribution in [2.24, 2.45) is 0 Å². The molecule has 0 amide bonds. The Kier molecular flexibility index (Phi) is 5.43. The van der Waals surface area contributed by atoms with Crippen molar-refractivity contribution in [1.29, 1.82) is 0 Å². The smallest absolute Gasteiger partial charge is 0.335 e. The Morgan fingerprint density at radius 2 is 1.96 bits per heavy atom. The normalized spacial score (nSPS) is 17.6. The summed E-state index contributed by atoms with van der Waals surface area (Å²) in [6.45, 7) is 3.55. The van der Waals surface area contributed by atoms with Gasteiger partial charge in [-0.15, -0.1) is 0 Å². The van der Waals surface area contributed by atoms with Crippen LogP contribution in [0.25, 0.3) is 0 Å². The van der Waals surface area contributed by atoms with Gasteiger partial charge >= 0.3 is 5.97 Å². The average Bonchev–Trinajstić information content (AvgIpc) is 3.08. The molecule has 2 aromatic rings. The Bertz CT molecular complexity index is 1000. The minimum Gasteiger partial charge on any atom is -0.463 e. The Balaban J connectivity index is 2.10. The summed E-state index contributed by atoms with van der Waals surface area (Å²) in [7, 11) is -3.91. The monoisotopic (exact) mass is 389 g/mol. The number of carbonyl (C=O) groups is 1. The van der Waals surface area contributed by atoms with Crippen LogP contribution in [0, 0.1) is 12.7 Å². The van der Waals surface area contributed by atoms with Gasteiger partial charge < -0.3 is 4.74 Å². The second-order valence-corrected chi connectivity index (χ2v) is 8.04. The molecule has 0 radical (unpaired) electrons. The molecule has 1 heterocycles. The molecule has 3 rings (SSSR count). The fourth-order valence-corrected chi connectivity index (χ4v) is 4.96. The third-order valence-corrected chi connectivity index (χ3v) is 6.42. The van der Waals surface area contributed by atoms with E-state index in [0.29, 0.717) is 11.1 Å². The van der Waals surface area contributed by atoms with Gasteiger partial charge in [0.1, 0.15) is 5.82 Å². The molecule has 5 nitrogen and oxygen atoms in total. The highest BCUT2D eigenvalue weighted by atomic mass is 32.2. The van der Waals surface area contributed by atoms with E-state index < -0.39 is 27.9 Å². The van der Waals surface area contributed by atoms with Crippen LogP contribution in [-0.2, 0) is 19.6 Å². The number of benzene rings is 2. The molecule has 0 aliphatic carbocycles. The summed E-state index contributed by atoms with van der Waals surface area (Å²) in [5, 5.41) is 0. The lowest BCUT2D eigenvalue weighted by molar-refractivity contribution is -0.138. The standard InChI is InChI=1S/C20H20FNO4S/c1-3-26-20(23)17-11-12-22(19(17)15-8-6-9-16(21)13-15)27(24,25)18-10-5-4-7-14(18)2/h4-11,13,19H,3,12H2,1-2H3. The molecule has 0 spiro atoms. The van der Waals surface area contributed by atoms with Crippen LogP contribution in [0.5, 0.6) is 0 Å². The quantitative estimate of drug-likeness (QED) is 0.736. The molecule has 27 heavy (non-hydrogen) atoms. The SMILES string of the molecule is CCOC(=O)C1=CCN(S(=O)(=O)c2ccccc2C)C1c1cccc(F)c1. The molecule has 1 unspecified atom stereocenters.